The van der Waals surface area contributed by atoms with E-state index in [0.717, 1.165) is 11.6 Å². The molecule has 0 spiro atoms. The van der Waals surface area contributed by atoms with Crippen LogP contribution in [-0.2, 0) is 22.1 Å². The molecule has 1 aliphatic rings. The lowest BCUT2D eigenvalue weighted by molar-refractivity contribution is -0.137. The van der Waals surface area contributed by atoms with Gasteiger partial charge in [-0.2, -0.15) is 13.2 Å². The molecule has 27 heavy (non-hydrogen) atoms. The predicted molar refractivity (Wildman–Crippen MR) is 92.1 cm³/mol. The van der Waals surface area contributed by atoms with Gasteiger partial charge in [0.05, 0.1) is 18.4 Å². The lowest BCUT2D eigenvalue weighted by Gasteiger charge is -2.35. The number of halogens is 3. The van der Waals surface area contributed by atoms with Gasteiger partial charge in [0.15, 0.2) is 0 Å². The van der Waals surface area contributed by atoms with E-state index < -0.39 is 29.8 Å². The molecule has 0 radical (unpaired) electrons. The van der Waals surface area contributed by atoms with Crippen molar-refractivity contribution in [3.05, 3.63) is 65.2 Å². The number of alkyl halides is 3. The van der Waals surface area contributed by atoms with Crippen LogP contribution in [0, 0.1) is 0 Å². The highest BCUT2D eigenvalue weighted by atomic mass is 19.4. The second-order valence-electron chi connectivity index (χ2n) is 6.05. The molecule has 0 saturated carbocycles. The molecule has 0 bridgehead atoms. The van der Waals surface area contributed by atoms with Gasteiger partial charge >= 0.3 is 12.3 Å². The number of amides is 2. The molecule has 1 unspecified atom stereocenters. The standard InChI is InChI=1S/C19H17F3N2O3/c1-27-18(26)24-11-10-12-6-2-3-7-13(12)16(24)17(25)23-15-9-5-4-8-14(15)19(20,21)22/h2-9,16H,10-11H2,1H3,(H,23,25). The molecule has 142 valence electrons. The Balaban J connectivity index is 1.98. The smallest absolute Gasteiger partial charge is 0.418 e. The highest BCUT2D eigenvalue weighted by molar-refractivity contribution is 5.98. The first kappa shape index (κ1) is 18.8. The van der Waals surface area contributed by atoms with Crippen molar-refractivity contribution in [3.8, 4) is 0 Å². The summed E-state index contributed by atoms with van der Waals surface area (Å²) < 4.78 is 44.4. The monoisotopic (exact) mass is 378 g/mol. The maximum atomic E-state index is 13.2. The number of methoxy groups -OCH3 is 1. The van der Waals surface area contributed by atoms with Gasteiger partial charge in [0.25, 0.3) is 5.91 Å². The molecule has 0 aliphatic carbocycles. The number of ether oxygens (including phenoxy) is 1. The summed E-state index contributed by atoms with van der Waals surface area (Å²) in [6, 6.07) is 10.7. The SMILES string of the molecule is COC(=O)N1CCc2ccccc2C1C(=O)Nc1ccccc1C(F)(F)F. The van der Waals surface area contributed by atoms with Crippen molar-refractivity contribution in [1.82, 2.24) is 4.90 Å². The van der Waals surface area contributed by atoms with E-state index in [2.05, 4.69) is 5.32 Å². The fraction of sp³-hybridized carbons (Fsp3) is 0.263. The molecule has 1 heterocycles. The summed E-state index contributed by atoms with van der Waals surface area (Å²) in [5.74, 6) is -0.732. The maximum Gasteiger partial charge on any atom is 0.418 e. The predicted octanol–water partition coefficient (Wildman–Crippen LogP) is 4.01. The number of nitrogens with one attached hydrogen (secondary N) is 1. The van der Waals surface area contributed by atoms with Gasteiger partial charge in [0.2, 0.25) is 0 Å². The number of hydrogen-bond acceptors (Lipinski definition) is 3. The van der Waals surface area contributed by atoms with Crippen molar-refractivity contribution in [2.75, 3.05) is 19.0 Å². The highest BCUT2D eigenvalue weighted by Crippen LogP contribution is 2.36. The van der Waals surface area contributed by atoms with E-state index in [1.54, 1.807) is 18.2 Å². The van der Waals surface area contributed by atoms with Gasteiger partial charge in [-0.15, -0.1) is 0 Å². The third kappa shape index (κ3) is 3.74. The zero-order valence-corrected chi connectivity index (χ0v) is 14.4. The van der Waals surface area contributed by atoms with Gasteiger partial charge in [-0.25, -0.2) is 4.79 Å². The zero-order chi connectivity index (χ0) is 19.6. The van der Waals surface area contributed by atoms with E-state index in [1.807, 2.05) is 6.07 Å². The molecule has 1 aliphatic heterocycles. The average Bonchev–Trinajstić information content (AvgIpc) is 2.66. The summed E-state index contributed by atoms with van der Waals surface area (Å²) in [5.41, 5.74) is 0.119. The fourth-order valence-electron chi connectivity index (χ4n) is 3.20. The van der Waals surface area contributed by atoms with E-state index in [9.17, 15) is 22.8 Å². The van der Waals surface area contributed by atoms with Gasteiger partial charge in [-0.05, 0) is 29.7 Å². The van der Waals surface area contributed by atoms with E-state index >= 15 is 0 Å². The number of hydrogen-bond donors (Lipinski definition) is 1. The summed E-state index contributed by atoms with van der Waals surface area (Å²) in [6.07, 6.45) is -4.81. The van der Waals surface area contributed by atoms with Crippen molar-refractivity contribution < 1.29 is 27.5 Å². The van der Waals surface area contributed by atoms with Gasteiger partial charge in [0, 0.05) is 6.54 Å². The third-order valence-electron chi connectivity index (χ3n) is 4.43. The lowest BCUT2D eigenvalue weighted by atomic mass is 9.92. The Bertz CT molecular complexity index is 867. The maximum absolute atomic E-state index is 13.2. The van der Waals surface area contributed by atoms with Crippen LogP contribution in [0.4, 0.5) is 23.7 Å². The summed E-state index contributed by atoms with van der Waals surface area (Å²) in [4.78, 5) is 26.2. The third-order valence-corrected chi connectivity index (χ3v) is 4.43. The molecule has 3 rings (SSSR count). The largest absolute Gasteiger partial charge is 0.453 e. The van der Waals surface area contributed by atoms with Crippen molar-refractivity contribution in [2.45, 2.75) is 18.6 Å². The molecule has 2 amide bonds. The molecular formula is C19H17F3N2O3. The number of carbonyl (C=O) groups excluding carboxylic acids is 2. The number of fused-ring (bicyclic) bond motifs is 1. The first-order valence-corrected chi connectivity index (χ1v) is 8.22. The molecule has 0 fully saturated rings. The summed E-state index contributed by atoms with van der Waals surface area (Å²) in [5, 5.41) is 2.33. The topological polar surface area (TPSA) is 58.6 Å². The number of para-hydroxylation sites is 1. The first-order valence-electron chi connectivity index (χ1n) is 8.22. The molecule has 1 atom stereocenters. The van der Waals surface area contributed by atoms with Crippen LogP contribution >= 0.6 is 0 Å². The van der Waals surface area contributed by atoms with Gasteiger partial charge in [-0.3, -0.25) is 9.69 Å². The quantitative estimate of drug-likeness (QED) is 0.859. The Kier molecular flexibility index (Phi) is 5.07. The molecule has 0 saturated heterocycles. The zero-order valence-electron chi connectivity index (χ0n) is 14.4. The number of nitrogens with zero attached hydrogens (tertiary/aromatic N) is 1. The van der Waals surface area contributed by atoms with Crippen LogP contribution in [0.2, 0.25) is 0 Å². The molecule has 1 N–H and O–H groups in total. The summed E-state index contributed by atoms with van der Waals surface area (Å²) in [6.45, 7) is 0.225. The van der Waals surface area contributed by atoms with Crippen molar-refractivity contribution in [1.29, 1.82) is 0 Å². The lowest BCUT2D eigenvalue weighted by Crippen LogP contribution is -2.45. The van der Waals surface area contributed by atoms with Crippen LogP contribution in [0.15, 0.2) is 48.5 Å². The molecule has 8 heteroatoms. The Morgan fingerprint density at radius 3 is 2.48 bits per heavy atom. The van der Waals surface area contributed by atoms with Crippen LogP contribution in [0.25, 0.3) is 0 Å². The number of anilines is 1. The Hall–Kier alpha value is -3.03. The van der Waals surface area contributed by atoms with Crippen LogP contribution in [0.3, 0.4) is 0 Å². The van der Waals surface area contributed by atoms with Gasteiger partial charge < -0.3 is 10.1 Å². The second kappa shape index (κ2) is 7.30. The average molecular weight is 378 g/mol. The minimum absolute atomic E-state index is 0.225. The second-order valence-corrected chi connectivity index (χ2v) is 6.05. The van der Waals surface area contributed by atoms with Gasteiger partial charge in [0.1, 0.15) is 6.04 Å². The number of benzene rings is 2. The van der Waals surface area contributed by atoms with Crippen LogP contribution < -0.4 is 5.32 Å². The van der Waals surface area contributed by atoms with Crippen molar-refractivity contribution >= 4 is 17.7 Å². The van der Waals surface area contributed by atoms with E-state index in [-0.39, 0.29) is 12.2 Å². The normalized spacial score (nSPS) is 16.4. The van der Waals surface area contributed by atoms with E-state index in [4.69, 9.17) is 4.74 Å². The molecule has 2 aromatic carbocycles. The molecule has 2 aromatic rings. The van der Waals surface area contributed by atoms with Crippen LogP contribution in [-0.4, -0.2) is 30.6 Å². The Morgan fingerprint density at radius 2 is 1.78 bits per heavy atom. The first-order chi connectivity index (χ1) is 12.8. The van der Waals surface area contributed by atoms with Crippen molar-refractivity contribution in [3.63, 3.8) is 0 Å². The highest BCUT2D eigenvalue weighted by Gasteiger charge is 2.38. The van der Waals surface area contributed by atoms with Crippen LogP contribution in [0.1, 0.15) is 22.7 Å². The van der Waals surface area contributed by atoms with E-state index in [1.165, 1.54) is 30.2 Å². The van der Waals surface area contributed by atoms with Crippen LogP contribution in [0.5, 0.6) is 0 Å². The Labute approximate surface area is 153 Å². The number of carbonyl (C=O) groups is 2. The Morgan fingerprint density at radius 1 is 1.11 bits per heavy atom. The van der Waals surface area contributed by atoms with Crippen molar-refractivity contribution in [2.24, 2.45) is 0 Å². The fourth-order valence-corrected chi connectivity index (χ4v) is 3.20. The molecule has 0 aromatic heterocycles. The summed E-state index contributed by atoms with van der Waals surface area (Å²) in [7, 11) is 1.19. The molecule has 5 nitrogen and oxygen atoms in total. The minimum atomic E-state index is -4.61. The van der Waals surface area contributed by atoms with E-state index in [0.29, 0.717) is 12.0 Å². The number of rotatable bonds is 2. The van der Waals surface area contributed by atoms with Gasteiger partial charge in [-0.1, -0.05) is 36.4 Å². The molecular weight excluding hydrogens is 361 g/mol. The summed E-state index contributed by atoms with van der Waals surface area (Å²) >= 11 is 0. The minimum Gasteiger partial charge on any atom is -0.453 e.